The van der Waals surface area contributed by atoms with Crippen molar-refractivity contribution in [3.63, 3.8) is 0 Å². The van der Waals surface area contributed by atoms with Crippen molar-refractivity contribution >= 4 is 5.91 Å². The van der Waals surface area contributed by atoms with Gasteiger partial charge in [0.2, 0.25) is 0 Å². The lowest BCUT2D eigenvalue weighted by Crippen LogP contribution is -2.41. The minimum atomic E-state index is -0.338. The van der Waals surface area contributed by atoms with Gasteiger partial charge >= 0.3 is 0 Å². The quantitative estimate of drug-likeness (QED) is 0.831. The van der Waals surface area contributed by atoms with Crippen molar-refractivity contribution in [2.75, 3.05) is 6.61 Å². The van der Waals surface area contributed by atoms with Crippen LogP contribution in [0.1, 0.15) is 35.6 Å². The largest absolute Gasteiger partial charge is 0.394 e. The Bertz CT molecular complexity index is 478. The molecule has 0 radical (unpaired) electrons. The molecule has 0 bridgehead atoms. The summed E-state index contributed by atoms with van der Waals surface area (Å²) in [6.45, 7) is 5.40. The summed E-state index contributed by atoms with van der Waals surface area (Å²) >= 11 is 0. The second-order valence-electron chi connectivity index (χ2n) is 4.45. The molecule has 0 spiro atoms. The number of carbonyl (C=O) groups is 1. The number of hydrogen-bond donors (Lipinski definition) is 2. The highest BCUT2D eigenvalue weighted by Gasteiger charge is 2.17. The Labute approximate surface area is 106 Å². The third-order valence-electron chi connectivity index (χ3n) is 2.76. The van der Waals surface area contributed by atoms with E-state index in [0.717, 1.165) is 0 Å². The van der Waals surface area contributed by atoms with Crippen LogP contribution in [0.25, 0.3) is 0 Å². The van der Waals surface area contributed by atoms with Gasteiger partial charge in [0.05, 0.1) is 23.9 Å². The number of rotatable bonds is 4. The molecule has 0 aromatic carbocycles. The standard InChI is InChI=1S/C13H17N3O2/c1-8(2)12(7-17)16-13(18)11-5-4-10(6-14)9(3)15-11/h4-5,8,12,17H,7H2,1-3H3,(H,16,18). The lowest BCUT2D eigenvalue weighted by molar-refractivity contribution is 0.0891. The Morgan fingerprint density at radius 1 is 1.56 bits per heavy atom. The van der Waals surface area contributed by atoms with E-state index in [9.17, 15) is 4.79 Å². The minimum Gasteiger partial charge on any atom is -0.394 e. The Morgan fingerprint density at radius 3 is 2.67 bits per heavy atom. The van der Waals surface area contributed by atoms with Crippen LogP contribution in [0.3, 0.4) is 0 Å². The summed E-state index contributed by atoms with van der Waals surface area (Å²) in [5.74, 6) is -0.200. The van der Waals surface area contributed by atoms with E-state index in [4.69, 9.17) is 10.4 Å². The number of carbonyl (C=O) groups excluding carboxylic acids is 1. The highest BCUT2D eigenvalue weighted by molar-refractivity contribution is 5.92. The Morgan fingerprint density at radius 2 is 2.22 bits per heavy atom. The van der Waals surface area contributed by atoms with Crippen LogP contribution in [0.4, 0.5) is 0 Å². The number of hydrogen-bond acceptors (Lipinski definition) is 4. The van der Waals surface area contributed by atoms with E-state index in [1.54, 1.807) is 13.0 Å². The number of aryl methyl sites for hydroxylation is 1. The van der Waals surface area contributed by atoms with Crippen LogP contribution in [0.2, 0.25) is 0 Å². The molecular formula is C13H17N3O2. The third-order valence-corrected chi connectivity index (χ3v) is 2.76. The van der Waals surface area contributed by atoms with Gasteiger partial charge in [-0.2, -0.15) is 5.26 Å². The van der Waals surface area contributed by atoms with Gasteiger partial charge in [0, 0.05) is 0 Å². The van der Waals surface area contributed by atoms with Crippen molar-refractivity contribution in [1.29, 1.82) is 5.26 Å². The number of nitriles is 1. The molecule has 1 heterocycles. The van der Waals surface area contributed by atoms with Gasteiger partial charge in [-0.05, 0) is 25.0 Å². The minimum absolute atomic E-state index is 0.112. The van der Waals surface area contributed by atoms with E-state index in [1.165, 1.54) is 6.07 Å². The maximum atomic E-state index is 11.9. The van der Waals surface area contributed by atoms with E-state index in [1.807, 2.05) is 19.9 Å². The van der Waals surface area contributed by atoms with Gasteiger partial charge < -0.3 is 10.4 Å². The molecule has 1 aromatic rings. The number of aliphatic hydroxyl groups is 1. The van der Waals surface area contributed by atoms with Crippen molar-refractivity contribution in [3.05, 3.63) is 29.1 Å². The second-order valence-corrected chi connectivity index (χ2v) is 4.45. The van der Waals surface area contributed by atoms with Crippen molar-refractivity contribution < 1.29 is 9.90 Å². The molecule has 1 amide bonds. The van der Waals surface area contributed by atoms with Crippen LogP contribution < -0.4 is 5.32 Å². The first-order valence-electron chi connectivity index (χ1n) is 5.79. The SMILES string of the molecule is Cc1nc(C(=O)NC(CO)C(C)C)ccc1C#N. The van der Waals surface area contributed by atoms with Crippen molar-refractivity contribution in [2.45, 2.75) is 26.8 Å². The molecule has 18 heavy (non-hydrogen) atoms. The average Bonchev–Trinajstić information content (AvgIpc) is 2.35. The molecule has 5 heteroatoms. The first-order chi connectivity index (χ1) is 8.49. The van der Waals surface area contributed by atoms with Crippen LogP contribution in [-0.2, 0) is 0 Å². The summed E-state index contributed by atoms with van der Waals surface area (Å²) in [7, 11) is 0. The van der Waals surface area contributed by atoms with E-state index in [2.05, 4.69) is 10.3 Å². The molecule has 2 N–H and O–H groups in total. The number of amides is 1. The fourth-order valence-electron chi connectivity index (χ4n) is 1.47. The molecule has 1 rings (SSSR count). The zero-order valence-electron chi connectivity index (χ0n) is 10.8. The summed E-state index contributed by atoms with van der Waals surface area (Å²) in [5.41, 5.74) is 1.23. The second kappa shape index (κ2) is 6.12. The topological polar surface area (TPSA) is 86.0 Å². The molecular weight excluding hydrogens is 230 g/mol. The predicted molar refractivity (Wildman–Crippen MR) is 66.9 cm³/mol. The van der Waals surface area contributed by atoms with E-state index in [-0.39, 0.29) is 30.2 Å². The molecule has 1 unspecified atom stereocenters. The molecule has 0 saturated heterocycles. The molecule has 1 atom stereocenters. The maximum absolute atomic E-state index is 11.9. The monoisotopic (exact) mass is 247 g/mol. The number of nitrogens with zero attached hydrogens (tertiary/aromatic N) is 2. The first-order valence-corrected chi connectivity index (χ1v) is 5.79. The Hall–Kier alpha value is -1.93. The molecule has 0 aliphatic rings. The molecule has 5 nitrogen and oxygen atoms in total. The van der Waals surface area contributed by atoms with Crippen molar-refractivity contribution in [1.82, 2.24) is 10.3 Å². The highest BCUT2D eigenvalue weighted by Crippen LogP contribution is 2.07. The molecule has 1 aromatic heterocycles. The Balaban J connectivity index is 2.85. The zero-order valence-corrected chi connectivity index (χ0v) is 10.8. The summed E-state index contributed by atoms with van der Waals surface area (Å²) in [5, 5.41) is 20.6. The van der Waals surface area contributed by atoms with E-state index in [0.29, 0.717) is 11.3 Å². The average molecular weight is 247 g/mol. The van der Waals surface area contributed by atoms with Gasteiger partial charge in [-0.3, -0.25) is 4.79 Å². The van der Waals surface area contributed by atoms with E-state index < -0.39 is 0 Å². The first kappa shape index (κ1) is 14.1. The molecule has 96 valence electrons. The summed E-state index contributed by atoms with van der Waals surface area (Å²) < 4.78 is 0. The van der Waals surface area contributed by atoms with Gasteiger partial charge in [-0.1, -0.05) is 13.8 Å². The van der Waals surface area contributed by atoms with Crippen molar-refractivity contribution in [2.24, 2.45) is 5.92 Å². The maximum Gasteiger partial charge on any atom is 0.270 e. The predicted octanol–water partition coefficient (Wildman–Crippen LogP) is 1.01. The number of aromatic nitrogens is 1. The number of aliphatic hydroxyl groups excluding tert-OH is 1. The molecule has 0 aliphatic carbocycles. The fourth-order valence-corrected chi connectivity index (χ4v) is 1.47. The van der Waals surface area contributed by atoms with Crippen LogP contribution in [0, 0.1) is 24.2 Å². The van der Waals surface area contributed by atoms with Gasteiger partial charge in [-0.15, -0.1) is 0 Å². The smallest absolute Gasteiger partial charge is 0.270 e. The van der Waals surface area contributed by atoms with Gasteiger partial charge in [0.15, 0.2) is 0 Å². The fraction of sp³-hybridized carbons (Fsp3) is 0.462. The van der Waals surface area contributed by atoms with Crippen LogP contribution in [0.5, 0.6) is 0 Å². The van der Waals surface area contributed by atoms with Crippen molar-refractivity contribution in [3.8, 4) is 6.07 Å². The van der Waals surface area contributed by atoms with Gasteiger partial charge in [-0.25, -0.2) is 4.98 Å². The number of pyridine rings is 1. The molecule has 0 fully saturated rings. The van der Waals surface area contributed by atoms with Gasteiger partial charge in [0.25, 0.3) is 5.91 Å². The summed E-state index contributed by atoms with van der Waals surface area (Å²) in [6, 6.07) is 4.78. The lowest BCUT2D eigenvalue weighted by atomic mass is 10.1. The Kier molecular flexibility index (Phi) is 4.81. The van der Waals surface area contributed by atoms with Crippen LogP contribution in [0.15, 0.2) is 12.1 Å². The van der Waals surface area contributed by atoms with Crippen LogP contribution >= 0.6 is 0 Å². The zero-order chi connectivity index (χ0) is 13.7. The third kappa shape index (κ3) is 3.28. The normalized spacial score (nSPS) is 12.0. The molecule has 0 saturated carbocycles. The molecule has 0 aliphatic heterocycles. The lowest BCUT2D eigenvalue weighted by Gasteiger charge is -2.19. The van der Waals surface area contributed by atoms with Crippen LogP contribution in [-0.4, -0.2) is 28.6 Å². The summed E-state index contributed by atoms with van der Waals surface area (Å²) in [4.78, 5) is 16.0. The highest BCUT2D eigenvalue weighted by atomic mass is 16.3. The summed E-state index contributed by atoms with van der Waals surface area (Å²) in [6.07, 6.45) is 0. The van der Waals surface area contributed by atoms with Gasteiger partial charge in [0.1, 0.15) is 11.8 Å². The number of nitrogens with one attached hydrogen (secondary N) is 1. The van der Waals surface area contributed by atoms with E-state index >= 15 is 0 Å².